The molecule has 0 aliphatic rings. The summed E-state index contributed by atoms with van der Waals surface area (Å²) in [6.07, 6.45) is 2.11. The molecule has 196 valence electrons. The third kappa shape index (κ3) is 9.06. The summed E-state index contributed by atoms with van der Waals surface area (Å²) >= 11 is 13.5. The van der Waals surface area contributed by atoms with E-state index in [9.17, 15) is 14.0 Å². The summed E-state index contributed by atoms with van der Waals surface area (Å²) in [5.41, 5.74) is 2.23. The Hall–Kier alpha value is -2.54. The van der Waals surface area contributed by atoms with Crippen molar-refractivity contribution >= 4 is 46.8 Å². The zero-order valence-electron chi connectivity index (χ0n) is 20.8. The highest BCUT2D eigenvalue weighted by atomic mass is 35.5. The molecule has 0 spiro atoms. The molecule has 0 aromatic heterocycles. The Kier molecular flexibility index (Phi) is 11.8. The molecule has 0 radical (unpaired) electrons. The number of hydrogen-bond donors (Lipinski definition) is 1. The van der Waals surface area contributed by atoms with E-state index < -0.39 is 11.9 Å². The van der Waals surface area contributed by atoms with E-state index in [1.165, 1.54) is 22.7 Å². The Labute approximate surface area is 232 Å². The van der Waals surface area contributed by atoms with Gasteiger partial charge in [-0.3, -0.25) is 9.59 Å². The van der Waals surface area contributed by atoms with Crippen molar-refractivity contribution in [1.82, 2.24) is 10.2 Å². The molecule has 3 aromatic carbocycles. The highest BCUT2D eigenvalue weighted by Crippen LogP contribution is 2.25. The number of carbonyl (C=O) groups excluding carboxylic acids is 2. The van der Waals surface area contributed by atoms with Crippen molar-refractivity contribution in [2.75, 3.05) is 12.3 Å². The molecule has 0 saturated carbocycles. The monoisotopic (exact) mass is 560 g/mol. The molecule has 0 bridgehead atoms. The fraction of sp³-hybridized carbons (Fsp3) is 0.310. The molecule has 37 heavy (non-hydrogen) atoms. The third-order valence-corrected chi connectivity index (χ3v) is 7.61. The van der Waals surface area contributed by atoms with Gasteiger partial charge in [0.25, 0.3) is 0 Å². The number of benzene rings is 3. The van der Waals surface area contributed by atoms with Crippen LogP contribution in [0, 0.1) is 5.82 Å². The van der Waals surface area contributed by atoms with Gasteiger partial charge in [-0.15, -0.1) is 11.8 Å². The lowest BCUT2D eigenvalue weighted by Gasteiger charge is -2.31. The summed E-state index contributed by atoms with van der Waals surface area (Å²) in [6.45, 7) is 2.57. The van der Waals surface area contributed by atoms with Crippen molar-refractivity contribution in [3.63, 3.8) is 0 Å². The Morgan fingerprint density at radius 3 is 2.41 bits per heavy atom. The molecule has 0 unspecified atom stereocenters. The van der Waals surface area contributed by atoms with Gasteiger partial charge in [-0.05, 0) is 35.7 Å². The van der Waals surface area contributed by atoms with E-state index in [1.54, 1.807) is 30.3 Å². The predicted octanol–water partition coefficient (Wildman–Crippen LogP) is 6.92. The van der Waals surface area contributed by atoms with Gasteiger partial charge in [-0.2, -0.15) is 0 Å². The van der Waals surface area contributed by atoms with E-state index in [1.807, 2.05) is 43.3 Å². The van der Waals surface area contributed by atoms with E-state index in [0.29, 0.717) is 34.3 Å². The molecule has 0 heterocycles. The number of hydrogen-bond acceptors (Lipinski definition) is 3. The SMILES string of the molecule is CCCCNC(=O)[C@@H](Cc1ccccc1)N(Cc1ccccc1F)C(=O)CSCc1ccc(Cl)c(Cl)c1. The average Bonchev–Trinajstić information content (AvgIpc) is 2.89. The fourth-order valence-corrected chi connectivity index (χ4v) is 5.02. The van der Waals surface area contributed by atoms with Gasteiger partial charge in [0.1, 0.15) is 11.9 Å². The largest absolute Gasteiger partial charge is 0.354 e. The van der Waals surface area contributed by atoms with Crippen LogP contribution in [0.25, 0.3) is 0 Å². The molecule has 8 heteroatoms. The molecule has 4 nitrogen and oxygen atoms in total. The highest BCUT2D eigenvalue weighted by Gasteiger charge is 2.30. The maximum absolute atomic E-state index is 14.6. The number of carbonyl (C=O) groups is 2. The number of unbranched alkanes of at least 4 members (excludes halogenated alkanes) is 1. The number of amides is 2. The van der Waals surface area contributed by atoms with Gasteiger partial charge >= 0.3 is 0 Å². The second-order valence-electron chi connectivity index (χ2n) is 8.70. The number of halogens is 3. The number of nitrogens with zero attached hydrogens (tertiary/aromatic N) is 1. The van der Waals surface area contributed by atoms with Crippen molar-refractivity contribution in [1.29, 1.82) is 0 Å². The van der Waals surface area contributed by atoms with Crippen molar-refractivity contribution < 1.29 is 14.0 Å². The van der Waals surface area contributed by atoms with Crippen LogP contribution in [0.4, 0.5) is 4.39 Å². The van der Waals surface area contributed by atoms with Crippen molar-refractivity contribution in [2.24, 2.45) is 0 Å². The molecule has 0 aliphatic carbocycles. The maximum atomic E-state index is 14.6. The summed E-state index contributed by atoms with van der Waals surface area (Å²) < 4.78 is 14.6. The van der Waals surface area contributed by atoms with E-state index in [4.69, 9.17) is 23.2 Å². The van der Waals surface area contributed by atoms with Crippen LogP contribution in [0.15, 0.2) is 72.8 Å². The summed E-state index contributed by atoms with van der Waals surface area (Å²) in [7, 11) is 0. The first-order valence-electron chi connectivity index (χ1n) is 12.2. The molecular weight excluding hydrogens is 530 g/mol. The van der Waals surface area contributed by atoms with Gasteiger partial charge < -0.3 is 10.2 Å². The van der Waals surface area contributed by atoms with Crippen LogP contribution in [-0.4, -0.2) is 35.1 Å². The standard InChI is InChI=1S/C29H31Cl2FN2O2S/c1-2-3-15-33-29(36)27(17-21-9-5-4-6-10-21)34(18-23-11-7-8-12-26(23)32)28(35)20-37-19-22-13-14-24(30)25(31)16-22/h4-14,16,27H,2-3,15,17-20H2,1H3,(H,33,36)/t27-/m1/s1. The lowest BCUT2D eigenvalue weighted by atomic mass is 10.0. The second-order valence-corrected chi connectivity index (χ2v) is 10.5. The van der Waals surface area contributed by atoms with Crippen molar-refractivity contribution in [3.05, 3.63) is 105 Å². The van der Waals surface area contributed by atoms with Crippen LogP contribution in [-0.2, 0) is 28.3 Å². The Morgan fingerprint density at radius 1 is 0.973 bits per heavy atom. The van der Waals surface area contributed by atoms with E-state index in [-0.39, 0.29) is 24.1 Å². The first kappa shape index (κ1) is 29.0. The van der Waals surface area contributed by atoms with Gasteiger partial charge in [0.05, 0.1) is 15.8 Å². The number of rotatable bonds is 13. The summed E-state index contributed by atoms with van der Waals surface area (Å²) in [6, 6.07) is 20.5. The zero-order chi connectivity index (χ0) is 26.6. The minimum Gasteiger partial charge on any atom is -0.354 e. The van der Waals surface area contributed by atoms with Crippen LogP contribution in [0.5, 0.6) is 0 Å². The van der Waals surface area contributed by atoms with Crippen molar-refractivity contribution in [2.45, 2.75) is 44.5 Å². The van der Waals surface area contributed by atoms with Gasteiger partial charge in [0, 0.05) is 30.8 Å². The Morgan fingerprint density at radius 2 is 1.70 bits per heavy atom. The third-order valence-electron chi connectivity index (χ3n) is 5.88. The summed E-state index contributed by atoms with van der Waals surface area (Å²) in [4.78, 5) is 28.5. The minimum atomic E-state index is -0.781. The first-order chi connectivity index (χ1) is 17.9. The summed E-state index contributed by atoms with van der Waals surface area (Å²) in [5, 5.41) is 3.90. The van der Waals surface area contributed by atoms with E-state index in [2.05, 4.69) is 5.32 Å². The quantitative estimate of drug-likeness (QED) is 0.231. The predicted molar refractivity (Wildman–Crippen MR) is 151 cm³/mol. The molecule has 2 amide bonds. The Balaban J connectivity index is 1.83. The highest BCUT2D eigenvalue weighted by molar-refractivity contribution is 7.99. The maximum Gasteiger partial charge on any atom is 0.243 e. The van der Waals surface area contributed by atoms with Crippen molar-refractivity contribution in [3.8, 4) is 0 Å². The smallest absolute Gasteiger partial charge is 0.243 e. The molecule has 1 N–H and O–H groups in total. The normalized spacial score (nSPS) is 11.7. The first-order valence-corrected chi connectivity index (χ1v) is 14.2. The van der Waals surface area contributed by atoms with Crippen LogP contribution < -0.4 is 5.32 Å². The Bertz CT molecular complexity index is 1180. The molecular formula is C29H31Cl2FN2O2S. The van der Waals surface area contributed by atoms with Crippen LogP contribution in [0.2, 0.25) is 10.0 Å². The van der Waals surface area contributed by atoms with Gasteiger partial charge in [-0.1, -0.05) is 91.1 Å². The average molecular weight is 562 g/mol. The topological polar surface area (TPSA) is 49.4 Å². The molecule has 3 rings (SSSR count). The molecule has 0 fully saturated rings. The molecule has 1 atom stereocenters. The van der Waals surface area contributed by atoms with Gasteiger partial charge in [0.2, 0.25) is 11.8 Å². The lowest BCUT2D eigenvalue weighted by molar-refractivity contribution is -0.139. The lowest BCUT2D eigenvalue weighted by Crippen LogP contribution is -2.51. The van der Waals surface area contributed by atoms with E-state index >= 15 is 0 Å². The molecule has 3 aromatic rings. The summed E-state index contributed by atoms with van der Waals surface area (Å²) in [5.74, 6) is -0.213. The second kappa shape index (κ2) is 15.0. The van der Waals surface area contributed by atoms with Crippen LogP contribution >= 0.6 is 35.0 Å². The zero-order valence-corrected chi connectivity index (χ0v) is 23.1. The van der Waals surface area contributed by atoms with Gasteiger partial charge in [-0.25, -0.2) is 4.39 Å². The minimum absolute atomic E-state index is 0.00244. The molecule has 0 aliphatic heterocycles. The number of nitrogens with one attached hydrogen (secondary N) is 1. The number of thioether (sulfide) groups is 1. The molecule has 0 saturated heterocycles. The van der Waals surface area contributed by atoms with E-state index in [0.717, 1.165) is 24.0 Å². The van der Waals surface area contributed by atoms with Crippen LogP contribution in [0.3, 0.4) is 0 Å². The fourth-order valence-electron chi connectivity index (χ4n) is 3.84. The van der Waals surface area contributed by atoms with Gasteiger partial charge in [0.15, 0.2) is 0 Å². The van der Waals surface area contributed by atoms with Crippen LogP contribution in [0.1, 0.15) is 36.5 Å².